The van der Waals surface area contributed by atoms with E-state index in [4.69, 9.17) is 9.52 Å². The van der Waals surface area contributed by atoms with Gasteiger partial charge in [0.05, 0.1) is 12.1 Å². The number of hydrogen-bond acceptors (Lipinski definition) is 3. The normalized spacial score (nSPS) is 21.1. The van der Waals surface area contributed by atoms with Crippen molar-refractivity contribution in [2.24, 2.45) is 0 Å². The van der Waals surface area contributed by atoms with Crippen LogP contribution in [0.2, 0.25) is 0 Å². The molecule has 2 rings (SSSR count). The molecule has 13 heavy (non-hydrogen) atoms. The van der Waals surface area contributed by atoms with E-state index < -0.39 is 5.97 Å². The number of rotatable bonds is 2. The number of aryl methyl sites for hydroxylation is 1. The standard InChI is InChI=1S/C9H11NO3/c11-8(12)4-6-2-1-3-7-9(6)13-5-10-7/h5-6H,1-4H2,(H,11,12). The van der Waals surface area contributed by atoms with Gasteiger partial charge in [0.1, 0.15) is 5.76 Å². The summed E-state index contributed by atoms with van der Waals surface area (Å²) in [5.41, 5.74) is 0.942. The Morgan fingerprint density at radius 1 is 1.77 bits per heavy atom. The van der Waals surface area contributed by atoms with Crippen LogP contribution in [-0.2, 0) is 11.2 Å². The van der Waals surface area contributed by atoms with Gasteiger partial charge in [-0.15, -0.1) is 0 Å². The molecule has 0 aliphatic heterocycles. The molecule has 0 bridgehead atoms. The monoisotopic (exact) mass is 181 g/mol. The molecule has 70 valence electrons. The average Bonchev–Trinajstić information content (AvgIpc) is 2.51. The van der Waals surface area contributed by atoms with E-state index in [0.717, 1.165) is 30.7 Å². The highest BCUT2D eigenvalue weighted by atomic mass is 16.4. The smallest absolute Gasteiger partial charge is 0.304 e. The second kappa shape index (κ2) is 3.20. The predicted molar refractivity (Wildman–Crippen MR) is 44.4 cm³/mol. The number of carboxylic acids is 1. The molecule has 1 aliphatic carbocycles. The van der Waals surface area contributed by atoms with Crippen LogP contribution in [0.5, 0.6) is 0 Å². The molecule has 1 atom stereocenters. The van der Waals surface area contributed by atoms with Gasteiger partial charge in [0.15, 0.2) is 6.39 Å². The Kier molecular flexibility index (Phi) is 2.04. The van der Waals surface area contributed by atoms with Crippen LogP contribution in [0.3, 0.4) is 0 Å². The fourth-order valence-electron chi connectivity index (χ4n) is 1.85. The highest BCUT2D eigenvalue weighted by molar-refractivity contribution is 5.68. The Labute approximate surface area is 75.6 Å². The first-order chi connectivity index (χ1) is 6.27. The van der Waals surface area contributed by atoms with Gasteiger partial charge in [-0.05, 0) is 19.3 Å². The van der Waals surface area contributed by atoms with Gasteiger partial charge in [-0.2, -0.15) is 0 Å². The van der Waals surface area contributed by atoms with Gasteiger partial charge >= 0.3 is 5.97 Å². The summed E-state index contributed by atoms with van der Waals surface area (Å²) in [6, 6.07) is 0. The quantitative estimate of drug-likeness (QED) is 0.752. The van der Waals surface area contributed by atoms with Crippen LogP contribution >= 0.6 is 0 Å². The molecule has 1 aromatic heterocycles. The number of aromatic nitrogens is 1. The minimum atomic E-state index is -0.769. The molecule has 0 fully saturated rings. The van der Waals surface area contributed by atoms with E-state index in [0.29, 0.717) is 0 Å². The minimum absolute atomic E-state index is 0.0312. The molecule has 0 saturated carbocycles. The molecule has 0 amide bonds. The van der Waals surface area contributed by atoms with E-state index in [1.807, 2.05) is 0 Å². The zero-order valence-electron chi connectivity index (χ0n) is 7.19. The van der Waals surface area contributed by atoms with E-state index in [-0.39, 0.29) is 12.3 Å². The van der Waals surface area contributed by atoms with Crippen molar-refractivity contribution in [3.8, 4) is 0 Å². The molecule has 4 nitrogen and oxygen atoms in total. The first-order valence-corrected chi connectivity index (χ1v) is 4.41. The van der Waals surface area contributed by atoms with Crippen LogP contribution in [0, 0.1) is 0 Å². The summed E-state index contributed by atoms with van der Waals surface area (Å²) in [4.78, 5) is 14.6. The fourth-order valence-corrected chi connectivity index (χ4v) is 1.85. The van der Waals surface area contributed by atoms with Crippen LogP contribution < -0.4 is 0 Å². The maximum Gasteiger partial charge on any atom is 0.304 e. The molecular formula is C9H11NO3. The lowest BCUT2D eigenvalue weighted by Gasteiger charge is -2.17. The predicted octanol–water partition coefficient (Wildman–Crippen LogP) is 1.57. The molecule has 0 spiro atoms. The number of aliphatic carboxylic acids is 1. The van der Waals surface area contributed by atoms with Crippen molar-refractivity contribution in [2.75, 3.05) is 0 Å². The number of oxazole rings is 1. The van der Waals surface area contributed by atoms with Gasteiger partial charge in [-0.25, -0.2) is 4.98 Å². The number of carbonyl (C=O) groups is 1. The molecule has 1 heterocycles. The van der Waals surface area contributed by atoms with E-state index in [1.54, 1.807) is 0 Å². The van der Waals surface area contributed by atoms with Crippen molar-refractivity contribution in [2.45, 2.75) is 31.6 Å². The molecule has 0 aromatic carbocycles. The zero-order chi connectivity index (χ0) is 9.26. The summed E-state index contributed by atoms with van der Waals surface area (Å²) < 4.78 is 5.20. The summed E-state index contributed by atoms with van der Waals surface area (Å²) in [5.74, 6) is 0.0478. The number of fused-ring (bicyclic) bond motifs is 1. The third-order valence-electron chi connectivity index (χ3n) is 2.43. The molecule has 0 radical (unpaired) electrons. The maximum absolute atomic E-state index is 10.5. The van der Waals surface area contributed by atoms with E-state index in [1.165, 1.54) is 6.39 Å². The van der Waals surface area contributed by atoms with Crippen LogP contribution in [0.1, 0.15) is 36.6 Å². The highest BCUT2D eigenvalue weighted by Gasteiger charge is 2.26. The van der Waals surface area contributed by atoms with Crippen molar-refractivity contribution in [3.05, 3.63) is 17.8 Å². The van der Waals surface area contributed by atoms with Gasteiger partial charge < -0.3 is 9.52 Å². The van der Waals surface area contributed by atoms with E-state index >= 15 is 0 Å². The largest absolute Gasteiger partial charge is 0.481 e. The van der Waals surface area contributed by atoms with Crippen LogP contribution in [-0.4, -0.2) is 16.1 Å². The average molecular weight is 181 g/mol. The lowest BCUT2D eigenvalue weighted by molar-refractivity contribution is -0.137. The second-order valence-corrected chi connectivity index (χ2v) is 3.35. The summed E-state index contributed by atoms with van der Waals surface area (Å²) in [6.07, 6.45) is 4.39. The van der Waals surface area contributed by atoms with E-state index in [9.17, 15) is 4.79 Å². The first-order valence-electron chi connectivity index (χ1n) is 4.41. The first kappa shape index (κ1) is 8.29. The second-order valence-electron chi connectivity index (χ2n) is 3.35. The zero-order valence-corrected chi connectivity index (χ0v) is 7.19. The summed E-state index contributed by atoms with van der Waals surface area (Å²) >= 11 is 0. The maximum atomic E-state index is 10.5. The molecule has 1 N–H and O–H groups in total. The summed E-state index contributed by atoms with van der Waals surface area (Å²) in [5, 5.41) is 8.67. The summed E-state index contributed by atoms with van der Waals surface area (Å²) in [7, 11) is 0. The van der Waals surface area contributed by atoms with Crippen molar-refractivity contribution in [1.82, 2.24) is 4.98 Å². The fraction of sp³-hybridized carbons (Fsp3) is 0.556. The van der Waals surface area contributed by atoms with Crippen molar-refractivity contribution >= 4 is 5.97 Å². The molecular weight excluding hydrogens is 170 g/mol. The van der Waals surface area contributed by atoms with Gasteiger partial charge in [0.2, 0.25) is 0 Å². The van der Waals surface area contributed by atoms with Gasteiger partial charge in [-0.1, -0.05) is 0 Å². The lowest BCUT2D eigenvalue weighted by atomic mass is 9.88. The number of nitrogens with zero attached hydrogens (tertiary/aromatic N) is 1. The van der Waals surface area contributed by atoms with Crippen LogP contribution in [0.4, 0.5) is 0 Å². The Hall–Kier alpha value is -1.32. The minimum Gasteiger partial charge on any atom is -0.481 e. The van der Waals surface area contributed by atoms with Crippen molar-refractivity contribution < 1.29 is 14.3 Å². The van der Waals surface area contributed by atoms with Crippen molar-refractivity contribution in [1.29, 1.82) is 0 Å². The Balaban J connectivity index is 2.20. The van der Waals surface area contributed by atoms with Gasteiger partial charge in [-0.3, -0.25) is 4.79 Å². The van der Waals surface area contributed by atoms with Crippen LogP contribution in [0.15, 0.2) is 10.8 Å². The topological polar surface area (TPSA) is 63.3 Å². The number of hydrogen-bond donors (Lipinski definition) is 1. The molecule has 0 saturated heterocycles. The highest BCUT2D eigenvalue weighted by Crippen LogP contribution is 2.33. The third-order valence-corrected chi connectivity index (χ3v) is 2.43. The molecule has 1 unspecified atom stereocenters. The third kappa shape index (κ3) is 1.56. The molecule has 1 aliphatic rings. The van der Waals surface area contributed by atoms with E-state index in [2.05, 4.69) is 4.98 Å². The summed E-state index contributed by atoms with van der Waals surface area (Å²) in [6.45, 7) is 0. The molecule has 1 aromatic rings. The van der Waals surface area contributed by atoms with Gasteiger partial charge in [0, 0.05) is 5.92 Å². The Morgan fingerprint density at radius 2 is 2.62 bits per heavy atom. The number of carboxylic acid groups (broad SMARTS) is 1. The lowest BCUT2D eigenvalue weighted by Crippen LogP contribution is -2.12. The van der Waals surface area contributed by atoms with Crippen molar-refractivity contribution in [3.63, 3.8) is 0 Å². The van der Waals surface area contributed by atoms with Crippen LogP contribution in [0.25, 0.3) is 0 Å². The Morgan fingerprint density at radius 3 is 3.38 bits per heavy atom. The van der Waals surface area contributed by atoms with Gasteiger partial charge in [0.25, 0.3) is 0 Å². The SMILES string of the molecule is O=C(O)CC1CCCc2ncoc21. The molecule has 4 heteroatoms. The Bertz CT molecular complexity index is 318.